The predicted molar refractivity (Wildman–Crippen MR) is 109 cm³/mol. The molecule has 0 spiro atoms. The Balaban J connectivity index is 1.42. The third kappa shape index (κ3) is 5.47. The highest BCUT2D eigenvalue weighted by atomic mass is 32.1. The van der Waals surface area contributed by atoms with Crippen molar-refractivity contribution in [3.05, 3.63) is 22.4 Å². The summed E-state index contributed by atoms with van der Waals surface area (Å²) in [6.07, 6.45) is 10.2. The molecule has 1 aromatic heterocycles. The van der Waals surface area contributed by atoms with E-state index in [0.29, 0.717) is 12.5 Å². The van der Waals surface area contributed by atoms with Crippen LogP contribution in [-0.2, 0) is 10.2 Å². The van der Waals surface area contributed by atoms with Crippen LogP contribution in [0.15, 0.2) is 22.5 Å². The summed E-state index contributed by atoms with van der Waals surface area (Å²) in [5, 5.41) is 12.1. The second-order valence-electron chi connectivity index (χ2n) is 7.62. The molecule has 1 aromatic rings. The van der Waals surface area contributed by atoms with E-state index in [4.69, 9.17) is 0 Å². The molecule has 0 radical (unpaired) electrons. The van der Waals surface area contributed by atoms with Crippen LogP contribution in [0.2, 0.25) is 0 Å². The van der Waals surface area contributed by atoms with Crippen LogP contribution in [0.4, 0.5) is 0 Å². The molecule has 3 N–H and O–H groups in total. The van der Waals surface area contributed by atoms with Crippen molar-refractivity contribution in [1.82, 2.24) is 16.0 Å². The van der Waals surface area contributed by atoms with Gasteiger partial charge < -0.3 is 16.0 Å². The molecule has 2 saturated carbocycles. The standard InChI is InChI=1S/C20H32N4OS/c1-21-19(22-13-5-8-18(25)24-16-9-10-16)23-15-20(11-3-2-4-12-20)17-7-6-14-26-17/h6-7,14,16H,2-5,8-13,15H2,1H3,(H,24,25)(H2,21,22,23). The number of hydrogen-bond donors (Lipinski definition) is 3. The maximum Gasteiger partial charge on any atom is 0.220 e. The first-order valence-electron chi connectivity index (χ1n) is 10.00. The Labute approximate surface area is 161 Å². The first kappa shape index (κ1) is 19.2. The zero-order valence-corrected chi connectivity index (χ0v) is 16.7. The predicted octanol–water partition coefficient (Wildman–Crippen LogP) is 3.17. The largest absolute Gasteiger partial charge is 0.356 e. The maximum absolute atomic E-state index is 11.7. The van der Waals surface area contributed by atoms with Gasteiger partial charge in [-0.1, -0.05) is 25.3 Å². The van der Waals surface area contributed by atoms with Crippen LogP contribution < -0.4 is 16.0 Å². The van der Waals surface area contributed by atoms with Gasteiger partial charge in [0.2, 0.25) is 5.91 Å². The van der Waals surface area contributed by atoms with Gasteiger partial charge in [0.25, 0.3) is 0 Å². The van der Waals surface area contributed by atoms with Crippen LogP contribution in [0, 0.1) is 0 Å². The molecule has 144 valence electrons. The van der Waals surface area contributed by atoms with Gasteiger partial charge >= 0.3 is 0 Å². The minimum absolute atomic E-state index is 0.177. The van der Waals surface area contributed by atoms with Crippen molar-refractivity contribution in [2.45, 2.75) is 69.2 Å². The number of rotatable bonds is 8. The van der Waals surface area contributed by atoms with Crippen molar-refractivity contribution in [1.29, 1.82) is 0 Å². The highest BCUT2D eigenvalue weighted by molar-refractivity contribution is 7.10. The molecule has 0 saturated heterocycles. The summed E-state index contributed by atoms with van der Waals surface area (Å²) in [4.78, 5) is 17.6. The number of aliphatic imine (C=N–C) groups is 1. The second kappa shape index (κ2) is 9.40. The van der Waals surface area contributed by atoms with Gasteiger partial charge in [0.15, 0.2) is 5.96 Å². The summed E-state index contributed by atoms with van der Waals surface area (Å²) in [6, 6.07) is 4.90. The van der Waals surface area contributed by atoms with Gasteiger partial charge in [-0.2, -0.15) is 0 Å². The van der Waals surface area contributed by atoms with Gasteiger partial charge in [-0.05, 0) is 43.6 Å². The average Bonchev–Trinajstić information content (AvgIpc) is 3.29. The van der Waals surface area contributed by atoms with Crippen molar-refractivity contribution in [3.63, 3.8) is 0 Å². The zero-order valence-electron chi connectivity index (χ0n) is 15.9. The minimum atomic E-state index is 0.177. The van der Waals surface area contributed by atoms with Gasteiger partial charge in [0.05, 0.1) is 0 Å². The Morgan fingerprint density at radius 1 is 1.27 bits per heavy atom. The highest BCUT2D eigenvalue weighted by Gasteiger charge is 2.34. The van der Waals surface area contributed by atoms with Crippen LogP contribution in [0.1, 0.15) is 62.7 Å². The molecule has 1 heterocycles. The van der Waals surface area contributed by atoms with E-state index in [2.05, 4.69) is 38.5 Å². The molecule has 0 atom stereocenters. The molecule has 0 aliphatic heterocycles. The molecular weight excluding hydrogens is 344 g/mol. The zero-order chi connectivity index (χ0) is 18.2. The highest BCUT2D eigenvalue weighted by Crippen LogP contribution is 2.41. The summed E-state index contributed by atoms with van der Waals surface area (Å²) in [6.45, 7) is 1.69. The third-order valence-electron chi connectivity index (χ3n) is 5.49. The van der Waals surface area contributed by atoms with E-state index < -0.39 is 0 Å². The van der Waals surface area contributed by atoms with Gasteiger partial charge in [-0.25, -0.2) is 0 Å². The van der Waals surface area contributed by atoms with Crippen LogP contribution in [-0.4, -0.2) is 38.0 Å². The average molecular weight is 377 g/mol. The Bertz CT molecular complexity index is 589. The Kier molecular flexibility index (Phi) is 6.94. The third-order valence-corrected chi connectivity index (χ3v) is 6.60. The van der Waals surface area contributed by atoms with E-state index in [1.165, 1.54) is 37.0 Å². The van der Waals surface area contributed by atoms with Crippen molar-refractivity contribution in [2.24, 2.45) is 4.99 Å². The van der Waals surface area contributed by atoms with E-state index in [1.807, 2.05) is 18.4 Å². The van der Waals surface area contributed by atoms with E-state index >= 15 is 0 Å². The SMILES string of the molecule is CN=C(NCCCC(=O)NC1CC1)NCC1(c2cccs2)CCCCC1. The van der Waals surface area contributed by atoms with Crippen LogP contribution in [0.25, 0.3) is 0 Å². The van der Waals surface area contributed by atoms with Crippen LogP contribution in [0.3, 0.4) is 0 Å². The van der Waals surface area contributed by atoms with Gasteiger partial charge in [-0.3, -0.25) is 9.79 Å². The molecule has 26 heavy (non-hydrogen) atoms. The number of thiophene rings is 1. The van der Waals surface area contributed by atoms with Gasteiger partial charge in [-0.15, -0.1) is 11.3 Å². The normalized spacial score (nSPS) is 19.8. The Hall–Kier alpha value is -1.56. The molecule has 6 heteroatoms. The summed E-state index contributed by atoms with van der Waals surface area (Å²) >= 11 is 1.88. The first-order chi connectivity index (χ1) is 12.7. The molecule has 0 bridgehead atoms. The van der Waals surface area contributed by atoms with Crippen molar-refractivity contribution >= 4 is 23.2 Å². The smallest absolute Gasteiger partial charge is 0.220 e. The fourth-order valence-electron chi connectivity index (χ4n) is 3.78. The first-order valence-corrected chi connectivity index (χ1v) is 10.9. The monoisotopic (exact) mass is 376 g/mol. The van der Waals surface area contributed by atoms with Crippen molar-refractivity contribution in [2.75, 3.05) is 20.1 Å². The van der Waals surface area contributed by atoms with Gasteiger partial charge in [0, 0.05) is 42.9 Å². The number of guanidine groups is 1. The molecule has 2 aliphatic rings. The summed E-state index contributed by atoms with van der Waals surface area (Å²) in [7, 11) is 1.81. The molecule has 2 fully saturated rings. The van der Waals surface area contributed by atoms with Crippen LogP contribution >= 0.6 is 11.3 Å². The lowest BCUT2D eigenvalue weighted by Gasteiger charge is -2.37. The lowest BCUT2D eigenvalue weighted by molar-refractivity contribution is -0.121. The number of hydrogen-bond acceptors (Lipinski definition) is 3. The van der Waals surface area contributed by atoms with Crippen molar-refractivity contribution in [3.8, 4) is 0 Å². The summed E-state index contributed by atoms with van der Waals surface area (Å²) in [5.74, 6) is 1.02. The molecular formula is C20H32N4OS. The number of amides is 1. The Morgan fingerprint density at radius 2 is 2.08 bits per heavy atom. The lowest BCUT2D eigenvalue weighted by Crippen LogP contribution is -2.46. The number of nitrogens with one attached hydrogen (secondary N) is 3. The summed E-state index contributed by atoms with van der Waals surface area (Å²) in [5.41, 5.74) is 0.244. The molecule has 2 aliphatic carbocycles. The maximum atomic E-state index is 11.7. The fraction of sp³-hybridized carbons (Fsp3) is 0.700. The Morgan fingerprint density at radius 3 is 2.73 bits per heavy atom. The molecule has 1 amide bonds. The minimum Gasteiger partial charge on any atom is -0.356 e. The van der Waals surface area contributed by atoms with Crippen molar-refractivity contribution < 1.29 is 4.79 Å². The fourth-order valence-corrected chi connectivity index (χ4v) is 4.76. The molecule has 0 unspecified atom stereocenters. The van der Waals surface area contributed by atoms with Gasteiger partial charge in [0.1, 0.15) is 0 Å². The topological polar surface area (TPSA) is 65.5 Å². The molecule has 0 aromatic carbocycles. The number of carbonyl (C=O) groups excluding carboxylic acids is 1. The number of nitrogens with zero attached hydrogens (tertiary/aromatic N) is 1. The second-order valence-corrected chi connectivity index (χ2v) is 8.56. The lowest BCUT2D eigenvalue weighted by atomic mass is 9.73. The van der Waals surface area contributed by atoms with E-state index in [9.17, 15) is 4.79 Å². The molecule has 5 nitrogen and oxygen atoms in total. The number of carbonyl (C=O) groups is 1. The van der Waals surface area contributed by atoms with E-state index in [-0.39, 0.29) is 11.3 Å². The molecule has 3 rings (SSSR count). The summed E-state index contributed by atoms with van der Waals surface area (Å²) < 4.78 is 0. The van der Waals surface area contributed by atoms with Crippen LogP contribution in [0.5, 0.6) is 0 Å². The quantitative estimate of drug-likeness (QED) is 0.371. The van der Waals surface area contributed by atoms with E-state index in [1.54, 1.807) is 0 Å². The van der Waals surface area contributed by atoms with E-state index in [0.717, 1.165) is 38.3 Å².